The molecule has 9 nitrogen and oxygen atoms in total. The second-order valence-corrected chi connectivity index (χ2v) is 11.4. The molecule has 222 valence electrons. The molecule has 0 radical (unpaired) electrons. The van der Waals surface area contributed by atoms with Crippen LogP contribution in [0.15, 0.2) is 48.8 Å². The highest BCUT2D eigenvalue weighted by Crippen LogP contribution is 2.35. The van der Waals surface area contributed by atoms with Crippen molar-refractivity contribution in [3.63, 3.8) is 0 Å². The van der Waals surface area contributed by atoms with Gasteiger partial charge in [0.2, 0.25) is 0 Å². The van der Waals surface area contributed by atoms with Gasteiger partial charge in [-0.2, -0.15) is 9.97 Å². The standard InChI is InChI=1S/C32H39FN6O3/c1-22-6-3-7-24-8-4-10-28(29(22)24)39-13-11-26-27(20-39)34-32(42-21-25-9-5-12-36(25)18-19-40)35-30(26)37-14-16-38(17-15-37)31(41)23(2)33/h3-4,6-8,10,25,40H,2,5,9,11-21H2,1H3/t25-/m0/s1. The van der Waals surface area contributed by atoms with Gasteiger partial charge in [0.25, 0.3) is 5.91 Å². The number of β-amino-alcohol motifs (C(OH)–C–C–N with tert-alkyl or cyclic N) is 1. The lowest BCUT2D eigenvalue weighted by Gasteiger charge is -2.38. The van der Waals surface area contributed by atoms with E-state index in [0.29, 0.717) is 51.9 Å². The van der Waals surface area contributed by atoms with E-state index in [-0.39, 0.29) is 12.6 Å². The molecule has 3 aliphatic rings. The summed E-state index contributed by atoms with van der Waals surface area (Å²) in [6.07, 6.45) is 2.88. The number of ether oxygens (including phenoxy) is 1. The summed E-state index contributed by atoms with van der Waals surface area (Å²) >= 11 is 0. The number of benzene rings is 2. The maximum atomic E-state index is 13.5. The van der Waals surface area contributed by atoms with Gasteiger partial charge < -0.3 is 24.5 Å². The number of carbonyl (C=O) groups is 1. The van der Waals surface area contributed by atoms with Gasteiger partial charge in [0, 0.05) is 61.9 Å². The largest absolute Gasteiger partial charge is 0.462 e. The maximum absolute atomic E-state index is 13.5. The molecular formula is C32H39FN6O3. The van der Waals surface area contributed by atoms with Crippen molar-refractivity contribution in [3.05, 3.63) is 65.6 Å². The zero-order valence-corrected chi connectivity index (χ0v) is 24.3. The highest BCUT2D eigenvalue weighted by Gasteiger charge is 2.31. The van der Waals surface area contributed by atoms with Gasteiger partial charge in [0.15, 0.2) is 5.83 Å². The van der Waals surface area contributed by atoms with Crippen LogP contribution in [0.3, 0.4) is 0 Å². The van der Waals surface area contributed by atoms with Crippen LogP contribution in [0.25, 0.3) is 10.8 Å². The van der Waals surface area contributed by atoms with Crippen LogP contribution in [-0.2, 0) is 17.8 Å². The third-order valence-corrected chi connectivity index (χ3v) is 8.84. The second-order valence-electron chi connectivity index (χ2n) is 11.4. The first-order valence-corrected chi connectivity index (χ1v) is 14.9. The zero-order valence-electron chi connectivity index (χ0n) is 24.3. The Labute approximate surface area is 246 Å². The first kappa shape index (κ1) is 28.4. The van der Waals surface area contributed by atoms with Crippen molar-refractivity contribution in [2.45, 2.75) is 38.8 Å². The van der Waals surface area contributed by atoms with Crippen LogP contribution in [0.4, 0.5) is 15.9 Å². The minimum atomic E-state index is -0.926. The molecule has 10 heteroatoms. The van der Waals surface area contributed by atoms with Gasteiger partial charge in [-0.3, -0.25) is 9.69 Å². The van der Waals surface area contributed by atoms with E-state index in [1.54, 1.807) is 0 Å². The van der Waals surface area contributed by atoms with Crippen molar-refractivity contribution in [1.82, 2.24) is 19.8 Å². The lowest BCUT2D eigenvalue weighted by molar-refractivity contribution is -0.128. The molecule has 6 rings (SSSR count). The molecule has 2 fully saturated rings. The van der Waals surface area contributed by atoms with Crippen LogP contribution >= 0.6 is 0 Å². The van der Waals surface area contributed by atoms with Crippen molar-refractivity contribution >= 4 is 28.2 Å². The Bertz CT molecular complexity index is 1470. The van der Waals surface area contributed by atoms with Gasteiger partial charge in [-0.15, -0.1) is 0 Å². The summed E-state index contributed by atoms with van der Waals surface area (Å²) in [6.45, 7) is 10.9. The summed E-state index contributed by atoms with van der Waals surface area (Å²) in [5.74, 6) is -0.730. The van der Waals surface area contributed by atoms with Gasteiger partial charge >= 0.3 is 6.01 Å². The van der Waals surface area contributed by atoms with Crippen molar-refractivity contribution < 1.29 is 19.0 Å². The number of likely N-dealkylation sites (tertiary alicyclic amines) is 1. The Morgan fingerprint density at radius 2 is 1.86 bits per heavy atom. The molecule has 1 atom stereocenters. The van der Waals surface area contributed by atoms with Crippen LogP contribution in [0.5, 0.6) is 6.01 Å². The zero-order chi connectivity index (χ0) is 29.2. The molecule has 0 aliphatic carbocycles. The summed E-state index contributed by atoms with van der Waals surface area (Å²) in [5.41, 5.74) is 4.49. The average Bonchev–Trinajstić information content (AvgIpc) is 3.46. The smallest absolute Gasteiger partial charge is 0.318 e. The molecule has 42 heavy (non-hydrogen) atoms. The molecular weight excluding hydrogens is 535 g/mol. The van der Waals surface area contributed by atoms with E-state index < -0.39 is 11.7 Å². The third kappa shape index (κ3) is 5.65. The molecule has 1 N–H and O–H groups in total. The minimum Gasteiger partial charge on any atom is -0.462 e. The Hall–Kier alpha value is -3.76. The van der Waals surface area contributed by atoms with Crippen molar-refractivity contribution in [2.24, 2.45) is 0 Å². The van der Waals surface area contributed by atoms with Crippen LogP contribution in [0, 0.1) is 6.92 Å². The first-order chi connectivity index (χ1) is 20.4. The number of carbonyl (C=O) groups excluding carboxylic acids is 1. The second kappa shape index (κ2) is 12.2. The number of hydrogen-bond donors (Lipinski definition) is 1. The van der Waals surface area contributed by atoms with Gasteiger partial charge in [0.1, 0.15) is 12.4 Å². The fourth-order valence-corrected chi connectivity index (χ4v) is 6.66. The Balaban J connectivity index is 1.29. The highest BCUT2D eigenvalue weighted by molar-refractivity contribution is 5.97. The van der Waals surface area contributed by atoms with Gasteiger partial charge in [0.05, 0.1) is 18.8 Å². The van der Waals surface area contributed by atoms with E-state index in [0.717, 1.165) is 49.4 Å². The predicted molar refractivity (Wildman–Crippen MR) is 162 cm³/mol. The normalized spacial score (nSPS) is 19.3. The van der Waals surface area contributed by atoms with Gasteiger partial charge in [-0.25, -0.2) is 4.39 Å². The number of aliphatic hydroxyl groups excluding tert-OH is 1. The number of fused-ring (bicyclic) bond motifs is 2. The van der Waals surface area contributed by atoms with E-state index in [1.165, 1.54) is 26.9 Å². The maximum Gasteiger partial charge on any atom is 0.318 e. The molecule has 0 unspecified atom stereocenters. The lowest BCUT2D eigenvalue weighted by atomic mass is 9.99. The van der Waals surface area contributed by atoms with Crippen molar-refractivity contribution in [3.8, 4) is 6.01 Å². The van der Waals surface area contributed by atoms with Crippen molar-refractivity contribution in [1.29, 1.82) is 0 Å². The number of anilines is 2. The Morgan fingerprint density at radius 1 is 1.07 bits per heavy atom. The highest BCUT2D eigenvalue weighted by atomic mass is 19.1. The molecule has 2 saturated heterocycles. The summed E-state index contributed by atoms with van der Waals surface area (Å²) in [7, 11) is 0. The minimum absolute atomic E-state index is 0.129. The number of aliphatic hydroxyl groups is 1. The number of rotatable bonds is 8. The first-order valence-electron chi connectivity index (χ1n) is 14.9. The van der Waals surface area contributed by atoms with Crippen LogP contribution < -0.4 is 14.5 Å². The van der Waals surface area contributed by atoms with Crippen LogP contribution in [0.1, 0.15) is 29.7 Å². The third-order valence-electron chi connectivity index (χ3n) is 8.84. The fraction of sp³-hybridized carbons (Fsp3) is 0.469. The molecule has 2 aromatic carbocycles. The molecule has 4 heterocycles. The average molecular weight is 575 g/mol. The summed E-state index contributed by atoms with van der Waals surface area (Å²) in [6, 6.07) is 13.4. The molecule has 0 saturated carbocycles. The quantitative estimate of drug-likeness (QED) is 0.410. The topological polar surface area (TPSA) is 85.3 Å². The Kier molecular flexibility index (Phi) is 8.26. The van der Waals surface area contributed by atoms with Crippen molar-refractivity contribution in [2.75, 3.05) is 68.8 Å². The van der Waals surface area contributed by atoms with Crippen LogP contribution in [-0.4, -0.2) is 95.9 Å². The number of halogens is 1. The van der Waals surface area contributed by atoms with Gasteiger partial charge in [-0.1, -0.05) is 36.9 Å². The number of hydrogen-bond acceptors (Lipinski definition) is 8. The van der Waals surface area contributed by atoms with E-state index in [9.17, 15) is 14.3 Å². The molecule has 0 bridgehead atoms. The van der Waals surface area contributed by atoms with E-state index in [1.807, 2.05) is 0 Å². The van der Waals surface area contributed by atoms with E-state index in [2.05, 4.69) is 64.6 Å². The number of nitrogens with zero attached hydrogens (tertiary/aromatic N) is 6. The Morgan fingerprint density at radius 3 is 2.62 bits per heavy atom. The molecule has 0 spiro atoms. The summed E-state index contributed by atoms with van der Waals surface area (Å²) in [4.78, 5) is 30.4. The van der Waals surface area contributed by atoms with Crippen LogP contribution in [0.2, 0.25) is 0 Å². The summed E-state index contributed by atoms with van der Waals surface area (Å²) < 4.78 is 19.8. The molecule has 1 amide bonds. The SMILES string of the molecule is C=C(F)C(=O)N1CCN(c2nc(OC[C@@H]3CCCN3CCO)nc3c2CCN(c2cccc4cccc(C)c24)C3)CC1. The molecule has 3 aliphatic heterocycles. The number of piperazine rings is 1. The molecule has 3 aromatic rings. The number of amides is 1. The van der Waals surface area contributed by atoms with Gasteiger partial charge in [-0.05, 0) is 49.7 Å². The molecule has 1 aromatic heterocycles. The number of aromatic nitrogens is 2. The monoisotopic (exact) mass is 574 g/mol. The summed E-state index contributed by atoms with van der Waals surface area (Å²) in [5, 5.41) is 11.9. The fourth-order valence-electron chi connectivity index (χ4n) is 6.66. The predicted octanol–water partition coefficient (Wildman–Crippen LogP) is 3.47. The van der Waals surface area contributed by atoms with E-state index in [4.69, 9.17) is 14.7 Å². The van der Waals surface area contributed by atoms with E-state index >= 15 is 0 Å². The lowest BCUT2D eigenvalue weighted by Crippen LogP contribution is -2.49. The number of aryl methyl sites for hydroxylation is 1.